The van der Waals surface area contributed by atoms with Gasteiger partial charge in [-0.3, -0.25) is 9.79 Å². The molecule has 4 nitrogen and oxygen atoms in total. The zero-order chi connectivity index (χ0) is 20.4. The van der Waals surface area contributed by atoms with E-state index in [4.69, 9.17) is 4.74 Å². The second-order valence-electron chi connectivity index (χ2n) is 7.26. The summed E-state index contributed by atoms with van der Waals surface area (Å²) < 4.78 is 45.8. The van der Waals surface area contributed by atoms with Crippen LogP contribution in [0.25, 0.3) is 0 Å². The van der Waals surface area contributed by atoms with E-state index in [0.29, 0.717) is 25.2 Å². The second-order valence-corrected chi connectivity index (χ2v) is 9.36. The fraction of sp³-hybridized carbons (Fsp3) is 0.579. The highest BCUT2D eigenvalue weighted by Gasteiger charge is 2.48. The molecule has 1 aromatic rings. The molecule has 3 unspecified atom stereocenters. The molecule has 1 N–H and O–H groups in total. The van der Waals surface area contributed by atoms with Crippen molar-refractivity contribution in [3.63, 3.8) is 0 Å². The third-order valence-corrected chi connectivity index (χ3v) is 6.75. The van der Waals surface area contributed by atoms with Gasteiger partial charge >= 0.3 is 0 Å². The molecule has 3 rings (SSSR count). The van der Waals surface area contributed by atoms with Gasteiger partial charge in [-0.2, -0.15) is 8.78 Å². The average Bonchev–Trinajstić information content (AvgIpc) is 2.97. The lowest BCUT2D eigenvalue weighted by Gasteiger charge is -2.29. The van der Waals surface area contributed by atoms with E-state index in [-0.39, 0.29) is 16.6 Å². The molecular weight excluding hydrogens is 408 g/mol. The number of nitrogens with zero attached hydrogens (tertiary/aromatic N) is 1. The summed E-state index contributed by atoms with van der Waals surface area (Å²) >= 11 is 1.08. The van der Waals surface area contributed by atoms with Gasteiger partial charge in [0.2, 0.25) is 5.91 Å². The number of thioether (sulfide) groups is 1. The lowest BCUT2D eigenvalue weighted by Crippen LogP contribution is -2.41. The highest BCUT2D eigenvalue weighted by molar-refractivity contribution is 8.16. The fourth-order valence-corrected chi connectivity index (χ4v) is 5.14. The number of nitrogens with one attached hydrogen (secondary N) is 1. The summed E-state index contributed by atoms with van der Waals surface area (Å²) in [6, 6.07) is 5.56. The van der Waals surface area contributed by atoms with Crippen molar-refractivity contribution in [2.24, 2.45) is 10.9 Å². The minimum atomic E-state index is -3.08. The maximum Gasteiger partial charge on any atom is 0.284 e. The zero-order valence-electron chi connectivity index (χ0n) is 15.6. The van der Waals surface area contributed by atoms with E-state index in [1.807, 2.05) is 0 Å². The molecule has 2 saturated heterocycles. The molecule has 1 amide bonds. The Morgan fingerprint density at radius 3 is 2.71 bits per heavy atom. The zero-order valence-corrected chi connectivity index (χ0v) is 17.6. The van der Waals surface area contributed by atoms with Crippen molar-refractivity contribution >= 4 is 32.1 Å². The minimum absolute atomic E-state index is 0.134. The van der Waals surface area contributed by atoms with Crippen molar-refractivity contribution in [1.29, 1.82) is 0 Å². The molecule has 154 valence electrons. The van der Waals surface area contributed by atoms with Crippen LogP contribution in [-0.2, 0) is 15.2 Å². The smallest absolute Gasteiger partial charge is 0.284 e. The van der Waals surface area contributed by atoms with E-state index in [1.165, 1.54) is 15.3 Å². The number of halogens is 3. The molecule has 1 aromatic carbocycles. The minimum Gasteiger partial charge on any atom is -0.381 e. The number of aliphatic imine (C=N–C) groups is 1. The van der Waals surface area contributed by atoms with Gasteiger partial charge in [-0.15, -0.1) is 0 Å². The topological polar surface area (TPSA) is 50.7 Å². The Kier molecular flexibility index (Phi) is 6.72. The Hall–Kier alpha value is -1.11. The Bertz CT molecular complexity index is 753. The van der Waals surface area contributed by atoms with E-state index in [9.17, 15) is 18.0 Å². The van der Waals surface area contributed by atoms with Gasteiger partial charge in [-0.1, -0.05) is 45.3 Å². The number of amidine groups is 1. The predicted octanol–water partition coefficient (Wildman–Crippen LogP) is 4.42. The van der Waals surface area contributed by atoms with Gasteiger partial charge in [0.05, 0.1) is 6.04 Å². The van der Waals surface area contributed by atoms with Gasteiger partial charge in [0, 0.05) is 18.8 Å². The van der Waals surface area contributed by atoms with Crippen LogP contribution in [-0.4, -0.2) is 35.7 Å². The van der Waals surface area contributed by atoms with Gasteiger partial charge in [0.25, 0.3) is 5.66 Å². The molecule has 2 aliphatic heterocycles. The lowest BCUT2D eigenvalue weighted by atomic mass is 9.88. The number of hydrogen-bond donors (Lipinski definition) is 1. The van der Waals surface area contributed by atoms with Crippen LogP contribution >= 0.6 is 21.0 Å². The first-order valence-corrected chi connectivity index (χ1v) is 10.6. The molecule has 0 aromatic heterocycles. The van der Waals surface area contributed by atoms with Gasteiger partial charge in [0.15, 0.2) is 5.17 Å². The van der Waals surface area contributed by atoms with Crippen LogP contribution < -0.4 is 5.32 Å². The number of alkyl halides is 3. The van der Waals surface area contributed by atoms with Crippen molar-refractivity contribution < 1.29 is 22.7 Å². The van der Waals surface area contributed by atoms with E-state index in [2.05, 4.69) is 10.3 Å². The highest BCUT2D eigenvalue weighted by Crippen LogP contribution is 2.42. The normalized spacial score (nSPS) is 26.5. The van der Waals surface area contributed by atoms with Gasteiger partial charge < -0.3 is 10.1 Å². The summed E-state index contributed by atoms with van der Waals surface area (Å²) in [5.74, 6) is -0.182. The number of carbonyl (C=O) groups is 1. The summed E-state index contributed by atoms with van der Waals surface area (Å²) in [5, 5.41) is 2.94. The number of ether oxygens (including phenoxy) is 1. The van der Waals surface area contributed by atoms with Crippen molar-refractivity contribution in [2.45, 2.75) is 42.6 Å². The van der Waals surface area contributed by atoms with Crippen LogP contribution in [0.4, 0.5) is 13.2 Å². The molecule has 2 aliphatic rings. The first kappa shape index (κ1) is 21.6. The van der Waals surface area contributed by atoms with Crippen molar-refractivity contribution in [2.75, 3.05) is 19.9 Å². The van der Waals surface area contributed by atoms with Gasteiger partial charge in [-0.25, -0.2) is 4.39 Å². The molecule has 9 heteroatoms. The first-order valence-electron chi connectivity index (χ1n) is 9.23. The van der Waals surface area contributed by atoms with Crippen molar-refractivity contribution in [1.82, 2.24) is 5.32 Å². The van der Waals surface area contributed by atoms with Crippen LogP contribution in [0.1, 0.15) is 43.4 Å². The molecule has 0 radical (unpaired) electrons. The van der Waals surface area contributed by atoms with E-state index in [1.54, 1.807) is 25.1 Å². The second kappa shape index (κ2) is 8.72. The number of benzene rings is 1. The number of amides is 1. The Labute approximate surface area is 169 Å². The lowest BCUT2D eigenvalue weighted by molar-refractivity contribution is -0.122. The molecule has 2 heterocycles. The quantitative estimate of drug-likeness (QED) is 0.678. The third kappa shape index (κ3) is 4.71. The summed E-state index contributed by atoms with van der Waals surface area (Å²) in [5.41, 5.74) is -2.85. The standard InChI is InChI=1S/C19H24F3N2O2PS/c1-12(14-4-2-3-5-15(14)19(21,22)27)23-17-24-16(25)18(11-20,28-17)10-13-6-8-26-9-7-13/h2-5,12-13H,6-11,27H2,1H3,(H,23,24,25). The van der Waals surface area contributed by atoms with Gasteiger partial charge in [-0.05, 0) is 37.7 Å². The van der Waals surface area contributed by atoms with Crippen LogP contribution in [0.2, 0.25) is 0 Å². The van der Waals surface area contributed by atoms with Crippen LogP contribution in [0.3, 0.4) is 0 Å². The highest BCUT2D eigenvalue weighted by atomic mass is 32.2. The largest absolute Gasteiger partial charge is 0.381 e. The van der Waals surface area contributed by atoms with E-state index in [0.717, 1.165) is 24.6 Å². The van der Waals surface area contributed by atoms with Crippen molar-refractivity contribution in [3.05, 3.63) is 35.4 Å². The molecular formula is C19H24F3N2O2PS. The predicted molar refractivity (Wildman–Crippen MR) is 108 cm³/mol. The third-order valence-electron chi connectivity index (χ3n) is 5.18. The fourth-order valence-electron chi connectivity index (χ4n) is 3.63. The van der Waals surface area contributed by atoms with Gasteiger partial charge in [0.1, 0.15) is 11.4 Å². The molecule has 28 heavy (non-hydrogen) atoms. The number of hydrogen-bond acceptors (Lipinski definition) is 4. The molecule has 2 fully saturated rings. The van der Waals surface area contributed by atoms with Crippen molar-refractivity contribution in [3.8, 4) is 0 Å². The molecule has 0 bridgehead atoms. The Balaban J connectivity index is 1.79. The maximum atomic E-state index is 13.9. The van der Waals surface area contributed by atoms with E-state index < -0.39 is 29.0 Å². The Morgan fingerprint density at radius 2 is 2.07 bits per heavy atom. The molecule has 0 aliphatic carbocycles. The average molecular weight is 432 g/mol. The molecule has 0 spiro atoms. The number of rotatable bonds is 6. The maximum absolute atomic E-state index is 13.9. The summed E-state index contributed by atoms with van der Waals surface area (Å²) in [7, 11) is 1.54. The number of carbonyl (C=O) groups excluding carboxylic acids is 1. The summed E-state index contributed by atoms with van der Waals surface area (Å²) in [4.78, 5) is 17.0. The SMILES string of the molecule is CC(N=C1NC(=O)C(CF)(CC2CCOCC2)S1)c1ccccc1C(F)(F)P. The summed E-state index contributed by atoms with van der Waals surface area (Å²) in [6.07, 6.45) is 2.02. The van der Waals surface area contributed by atoms with Crippen LogP contribution in [0.5, 0.6) is 0 Å². The van der Waals surface area contributed by atoms with Crippen LogP contribution in [0.15, 0.2) is 29.3 Å². The molecule has 3 atom stereocenters. The molecule has 0 saturated carbocycles. The Morgan fingerprint density at radius 1 is 1.39 bits per heavy atom. The van der Waals surface area contributed by atoms with Crippen LogP contribution in [0, 0.1) is 5.92 Å². The van der Waals surface area contributed by atoms with E-state index >= 15 is 0 Å². The first-order chi connectivity index (χ1) is 13.2. The monoisotopic (exact) mass is 432 g/mol. The summed E-state index contributed by atoms with van der Waals surface area (Å²) in [6.45, 7) is 2.13.